The molecule has 1 aliphatic heterocycles. The molecule has 146 valence electrons. The summed E-state index contributed by atoms with van der Waals surface area (Å²) in [5.41, 5.74) is 0.247. The number of halogens is 2. The summed E-state index contributed by atoms with van der Waals surface area (Å²) in [6.45, 7) is 0.258. The van der Waals surface area contributed by atoms with Crippen molar-refractivity contribution in [2.45, 2.75) is 18.6 Å². The molecule has 1 amide bonds. The van der Waals surface area contributed by atoms with Crippen LogP contribution < -0.4 is 4.90 Å². The fourth-order valence-corrected chi connectivity index (χ4v) is 3.97. The standard InChI is InChI=1S/C22H16BrClN2O3/c23-16-5-8-19-18(10-16)22(29,11-20(27)15-2-1-9-25-12-15)21(28)26(19)13-14-3-6-17(24)7-4-14/h1-10,12,29H,11,13H2/t22-/m1/s1. The number of benzene rings is 2. The maximum absolute atomic E-state index is 13.3. The van der Waals surface area contributed by atoms with E-state index in [0.29, 0.717) is 26.3 Å². The maximum atomic E-state index is 13.3. The maximum Gasteiger partial charge on any atom is 0.264 e. The highest BCUT2D eigenvalue weighted by Gasteiger charge is 2.51. The Kier molecular flexibility index (Phi) is 5.25. The molecule has 5 nitrogen and oxygen atoms in total. The van der Waals surface area contributed by atoms with Crippen molar-refractivity contribution in [3.8, 4) is 0 Å². The molecule has 29 heavy (non-hydrogen) atoms. The van der Waals surface area contributed by atoms with E-state index in [9.17, 15) is 14.7 Å². The summed E-state index contributed by atoms with van der Waals surface area (Å²) < 4.78 is 0.713. The molecule has 3 aromatic rings. The largest absolute Gasteiger partial charge is 0.375 e. The van der Waals surface area contributed by atoms with Crippen molar-refractivity contribution in [1.82, 2.24) is 4.98 Å². The lowest BCUT2D eigenvalue weighted by Crippen LogP contribution is -2.41. The van der Waals surface area contributed by atoms with E-state index in [1.807, 2.05) is 12.1 Å². The fourth-order valence-electron chi connectivity index (χ4n) is 3.49. The molecule has 0 aliphatic carbocycles. The van der Waals surface area contributed by atoms with E-state index in [1.165, 1.54) is 11.1 Å². The smallest absolute Gasteiger partial charge is 0.264 e. The number of nitrogens with zero attached hydrogens (tertiary/aromatic N) is 2. The predicted octanol–water partition coefficient (Wildman–Crippen LogP) is 4.50. The van der Waals surface area contributed by atoms with Crippen molar-refractivity contribution in [3.05, 3.63) is 93.2 Å². The van der Waals surface area contributed by atoms with E-state index in [0.717, 1.165) is 5.56 Å². The zero-order valence-corrected chi connectivity index (χ0v) is 17.5. The van der Waals surface area contributed by atoms with Gasteiger partial charge in [0.1, 0.15) is 0 Å². The van der Waals surface area contributed by atoms with Crippen LogP contribution in [0.1, 0.15) is 27.9 Å². The SMILES string of the molecule is O=C(C[C@]1(O)C(=O)N(Cc2ccc(Cl)cc2)c2ccc(Br)cc21)c1cccnc1. The summed E-state index contributed by atoms with van der Waals surface area (Å²) in [7, 11) is 0. The second kappa shape index (κ2) is 7.71. The van der Waals surface area contributed by atoms with Gasteiger partial charge in [0.15, 0.2) is 11.4 Å². The average Bonchev–Trinajstić information content (AvgIpc) is 2.92. The number of carbonyl (C=O) groups excluding carboxylic acids is 2. The Morgan fingerprint density at radius 1 is 1.17 bits per heavy atom. The summed E-state index contributed by atoms with van der Waals surface area (Å²) in [5.74, 6) is -0.883. The first-order valence-electron chi connectivity index (χ1n) is 8.90. The molecular weight excluding hydrogens is 456 g/mol. The Morgan fingerprint density at radius 2 is 1.93 bits per heavy atom. The third-order valence-electron chi connectivity index (χ3n) is 4.95. The van der Waals surface area contributed by atoms with Crippen LogP contribution in [0.25, 0.3) is 0 Å². The van der Waals surface area contributed by atoms with Gasteiger partial charge < -0.3 is 10.0 Å². The predicted molar refractivity (Wildman–Crippen MR) is 114 cm³/mol. The van der Waals surface area contributed by atoms with E-state index >= 15 is 0 Å². The lowest BCUT2D eigenvalue weighted by atomic mass is 9.88. The van der Waals surface area contributed by atoms with Crippen LogP contribution in [-0.2, 0) is 16.9 Å². The molecule has 0 saturated heterocycles. The van der Waals surface area contributed by atoms with Gasteiger partial charge in [-0.25, -0.2) is 0 Å². The van der Waals surface area contributed by atoms with Crippen LogP contribution in [0.5, 0.6) is 0 Å². The molecule has 0 fully saturated rings. The Bertz CT molecular complexity index is 1090. The molecule has 0 bridgehead atoms. The molecule has 1 N–H and O–H groups in total. The highest BCUT2D eigenvalue weighted by Crippen LogP contribution is 2.44. The molecule has 0 radical (unpaired) electrons. The van der Waals surface area contributed by atoms with Crippen molar-refractivity contribution in [2.75, 3.05) is 4.90 Å². The zero-order chi connectivity index (χ0) is 20.6. The van der Waals surface area contributed by atoms with E-state index in [2.05, 4.69) is 20.9 Å². The zero-order valence-electron chi connectivity index (χ0n) is 15.2. The molecule has 1 atom stereocenters. The fraction of sp³-hybridized carbons (Fsp3) is 0.136. The molecule has 0 spiro atoms. The number of aliphatic hydroxyl groups is 1. The minimum absolute atomic E-state index is 0.258. The summed E-state index contributed by atoms with van der Waals surface area (Å²) >= 11 is 9.34. The minimum atomic E-state index is -1.95. The normalized spacial score (nSPS) is 18.0. The molecule has 2 heterocycles. The van der Waals surface area contributed by atoms with Crippen LogP contribution in [0.2, 0.25) is 5.02 Å². The number of anilines is 1. The van der Waals surface area contributed by atoms with Crippen LogP contribution in [0.15, 0.2) is 71.5 Å². The Hall–Kier alpha value is -2.54. The molecule has 1 aromatic heterocycles. The van der Waals surface area contributed by atoms with Gasteiger partial charge in [-0.3, -0.25) is 14.6 Å². The molecule has 7 heteroatoms. The van der Waals surface area contributed by atoms with Gasteiger partial charge in [-0.2, -0.15) is 0 Å². The highest BCUT2D eigenvalue weighted by atomic mass is 79.9. The number of fused-ring (bicyclic) bond motifs is 1. The Labute approximate surface area is 181 Å². The van der Waals surface area contributed by atoms with Crippen LogP contribution >= 0.6 is 27.5 Å². The van der Waals surface area contributed by atoms with Crippen molar-refractivity contribution in [3.63, 3.8) is 0 Å². The number of pyridine rings is 1. The number of Topliss-reactive ketones (excluding diaryl/α,β-unsaturated/α-hetero) is 1. The second-order valence-electron chi connectivity index (χ2n) is 6.88. The van der Waals surface area contributed by atoms with Gasteiger partial charge in [0.2, 0.25) is 0 Å². The lowest BCUT2D eigenvalue weighted by Gasteiger charge is -2.23. The van der Waals surface area contributed by atoms with Gasteiger partial charge in [0.25, 0.3) is 5.91 Å². The van der Waals surface area contributed by atoms with Crippen LogP contribution in [-0.4, -0.2) is 21.8 Å². The van der Waals surface area contributed by atoms with Gasteiger partial charge in [-0.05, 0) is 48.0 Å². The summed E-state index contributed by atoms with van der Waals surface area (Å²) in [4.78, 5) is 31.5. The van der Waals surface area contributed by atoms with Gasteiger partial charge in [-0.15, -0.1) is 0 Å². The number of hydrogen-bond donors (Lipinski definition) is 1. The van der Waals surface area contributed by atoms with Gasteiger partial charge >= 0.3 is 0 Å². The van der Waals surface area contributed by atoms with Crippen molar-refractivity contribution in [2.24, 2.45) is 0 Å². The van der Waals surface area contributed by atoms with Crippen molar-refractivity contribution in [1.29, 1.82) is 0 Å². The highest BCUT2D eigenvalue weighted by molar-refractivity contribution is 9.10. The first kappa shape index (κ1) is 19.8. The van der Waals surface area contributed by atoms with Crippen LogP contribution in [0.4, 0.5) is 5.69 Å². The van der Waals surface area contributed by atoms with Gasteiger partial charge in [-0.1, -0.05) is 39.7 Å². The Balaban J connectivity index is 1.71. The molecule has 0 saturated carbocycles. The van der Waals surface area contributed by atoms with Crippen LogP contribution in [0.3, 0.4) is 0 Å². The first-order valence-corrected chi connectivity index (χ1v) is 10.1. The summed E-state index contributed by atoms with van der Waals surface area (Å²) in [5, 5.41) is 12.0. The van der Waals surface area contributed by atoms with Crippen molar-refractivity contribution < 1.29 is 14.7 Å². The number of rotatable bonds is 5. The molecule has 4 rings (SSSR count). The third kappa shape index (κ3) is 3.71. The molecule has 0 unspecified atom stereocenters. The van der Waals surface area contributed by atoms with Crippen molar-refractivity contribution >= 4 is 44.9 Å². The molecular formula is C22H16BrClN2O3. The average molecular weight is 472 g/mol. The monoisotopic (exact) mass is 470 g/mol. The second-order valence-corrected chi connectivity index (χ2v) is 8.23. The van der Waals surface area contributed by atoms with E-state index < -0.39 is 11.5 Å². The molecule has 2 aromatic carbocycles. The number of carbonyl (C=O) groups is 2. The van der Waals surface area contributed by atoms with E-state index in [4.69, 9.17) is 11.6 Å². The lowest BCUT2D eigenvalue weighted by molar-refractivity contribution is -0.136. The van der Waals surface area contributed by atoms with Gasteiger partial charge in [0, 0.05) is 33.0 Å². The molecule has 1 aliphatic rings. The topological polar surface area (TPSA) is 70.5 Å². The minimum Gasteiger partial charge on any atom is -0.375 e. The number of hydrogen-bond acceptors (Lipinski definition) is 4. The third-order valence-corrected chi connectivity index (χ3v) is 5.69. The summed E-state index contributed by atoms with van der Waals surface area (Å²) in [6.07, 6.45) is 2.63. The van der Waals surface area contributed by atoms with Crippen LogP contribution in [0, 0.1) is 0 Å². The number of aromatic nitrogens is 1. The quantitative estimate of drug-likeness (QED) is 0.556. The number of ketones is 1. The van der Waals surface area contributed by atoms with E-state index in [-0.39, 0.29) is 18.7 Å². The number of amides is 1. The first-order chi connectivity index (χ1) is 13.9. The Morgan fingerprint density at radius 3 is 2.62 bits per heavy atom. The van der Waals surface area contributed by atoms with E-state index in [1.54, 1.807) is 48.7 Å². The summed E-state index contributed by atoms with van der Waals surface area (Å²) in [6, 6.07) is 15.7. The van der Waals surface area contributed by atoms with Gasteiger partial charge in [0.05, 0.1) is 18.7 Å².